The highest BCUT2D eigenvalue weighted by Crippen LogP contribution is 2.35. The highest BCUT2D eigenvalue weighted by Gasteiger charge is 2.16. The van der Waals surface area contributed by atoms with E-state index in [0.717, 1.165) is 49.4 Å². The van der Waals surface area contributed by atoms with E-state index in [4.69, 9.17) is 24.5 Å². The molecule has 0 unspecified atom stereocenters. The third-order valence-corrected chi connectivity index (χ3v) is 8.55. The van der Waals surface area contributed by atoms with Gasteiger partial charge in [0.1, 0.15) is 0 Å². The molecular formula is C45H29N3. The normalized spacial score (nSPS) is 13.4. The van der Waals surface area contributed by atoms with Crippen LogP contribution in [0.2, 0.25) is 0 Å². The SMILES string of the molecule is [2H]c1c([2H])c([2H])c2c([2H])c(-c3ccc4cc(-c5nc(-c6ccccc6)nc(-c6cccc7c(-c8ccccc8)cccc67)n5)ccc4c3)c([2H])c([2H])c2c1[2H]. The van der Waals surface area contributed by atoms with E-state index in [1.54, 1.807) is 6.07 Å². The standard InChI is InChI=1S/C45H29N3/c1-3-12-31(13-4-1)39-17-9-19-41-40(39)18-10-20-42(41)45-47-43(32-14-5-2-6-15-32)46-44(48-45)38-26-25-36-28-35(23-24-37(36)29-38)34-22-21-30-11-7-8-16-33(30)27-34/h1-29H/i7D,8D,11D,16D,21D,22D,27D. The van der Waals surface area contributed by atoms with Gasteiger partial charge in [-0.15, -0.1) is 0 Å². The third-order valence-electron chi connectivity index (χ3n) is 8.55. The van der Waals surface area contributed by atoms with Crippen LogP contribution in [-0.2, 0) is 0 Å². The molecule has 0 saturated heterocycles. The van der Waals surface area contributed by atoms with Crippen LogP contribution in [0.3, 0.4) is 0 Å². The van der Waals surface area contributed by atoms with Gasteiger partial charge >= 0.3 is 0 Å². The molecule has 1 aromatic heterocycles. The van der Waals surface area contributed by atoms with E-state index in [1.807, 2.05) is 91.0 Å². The Morgan fingerprint density at radius 3 is 1.69 bits per heavy atom. The summed E-state index contributed by atoms with van der Waals surface area (Å²) in [6.07, 6.45) is 0. The molecule has 3 nitrogen and oxygen atoms in total. The summed E-state index contributed by atoms with van der Waals surface area (Å²) in [5, 5.41) is 3.58. The molecule has 48 heavy (non-hydrogen) atoms. The molecule has 0 aliphatic heterocycles. The number of hydrogen-bond donors (Lipinski definition) is 0. The van der Waals surface area contributed by atoms with Gasteiger partial charge in [0.25, 0.3) is 0 Å². The van der Waals surface area contributed by atoms with E-state index in [2.05, 4.69) is 36.4 Å². The van der Waals surface area contributed by atoms with Gasteiger partial charge in [-0.25, -0.2) is 15.0 Å². The lowest BCUT2D eigenvalue weighted by Crippen LogP contribution is -2.00. The van der Waals surface area contributed by atoms with Crippen molar-refractivity contribution in [1.82, 2.24) is 15.0 Å². The maximum Gasteiger partial charge on any atom is 0.164 e. The highest BCUT2D eigenvalue weighted by molar-refractivity contribution is 6.04. The van der Waals surface area contributed by atoms with Crippen LogP contribution in [-0.4, -0.2) is 15.0 Å². The lowest BCUT2D eigenvalue weighted by molar-refractivity contribution is 1.08. The van der Waals surface area contributed by atoms with Gasteiger partial charge in [-0.3, -0.25) is 0 Å². The maximum absolute atomic E-state index is 8.99. The molecule has 9 aromatic rings. The maximum atomic E-state index is 8.99. The lowest BCUT2D eigenvalue weighted by atomic mass is 9.95. The van der Waals surface area contributed by atoms with Crippen molar-refractivity contribution >= 4 is 32.3 Å². The Labute approximate surface area is 288 Å². The Morgan fingerprint density at radius 1 is 0.354 bits per heavy atom. The van der Waals surface area contributed by atoms with Crippen molar-refractivity contribution in [3.05, 3.63) is 176 Å². The average molecular weight is 619 g/mol. The molecule has 0 N–H and O–H groups in total. The van der Waals surface area contributed by atoms with Gasteiger partial charge in [-0.2, -0.15) is 0 Å². The minimum atomic E-state index is -0.491. The highest BCUT2D eigenvalue weighted by atomic mass is 15.0. The molecule has 8 aromatic carbocycles. The van der Waals surface area contributed by atoms with E-state index in [-0.39, 0.29) is 34.5 Å². The third kappa shape index (κ3) is 5.08. The fourth-order valence-electron chi connectivity index (χ4n) is 6.18. The van der Waals surface area contributed by atoms with E-state index in [0.29, 0.717) is 23.0 Å². The number of rotatable bonds is 5. The molecule has 9 rings (SSSR count). The molecule has 0 radical (unpaired) electrons. The van der Waals surface area contributed by atoms with Crippen molar-refractivity contribution in [3.8, 4) is 56.4 Å². The average Bonchev–Trinajstić information content (AvgIpc) is 3.23. The lowest BCUT2D eigenvalue weighted by Gasteiger charge is -2.13. The zero-order valence-electron chi connectivity index (χ0n) is 32.5. The Morgan fingerprint density at radius 2 is 0.938 bits per heavy atom. The monoisotopic (exact) mass is 618 g/mol. The molecule has 0 aliphatic carbocycles. The Balaban J connectivity index is 1.18. The molecule has 0 spiro atoms. The minimum absolute atomic E-state index is 0.0696. The molecule has 0 fully saturated rings. The van der Waals surface area contributed by atoms with Gasteiger partial charge in [0.2, 0.25) is 0 Å². The molecule has 0 aliphatic rings. The van der Waals surface area contributed by atoms with Crippen molar-refractivity contribution in [3.63, 3.8) is 0 Å². The van der Waals surface area contributed by atoms with Crippen LogP contribution in [0.5, 0.6) is 0 Å². The molecule has 3 heteroatoms. The summed E-state index contributed by atoms with van der Waals surface area (Å²) in [7, 11) is 0. The molecule has 0 bridgehead atoms. The number of hydrogen-bond acceptors (Lipinski definition) is 3. The van der Waals surface area contributed by atoms with Gasteiger partial charge in [0.05, 0.1) is 9.60 Å². The first-order valence-corrected chi connectivity index (χ1v) is 15.6. The van der Waals surface area contributed by atoms with Crippen LogP contribution in [0.4, 0.5) is 0 Å². The molecule has 224 valence electrons. The van der Waals surface area contributed by atoms with E-state index >= 15 is 0 Å². The molecular weight excluding hydrogens is 583 g/mol. The van der Waals surface area contributed by atoms with Gasteiger partial charge in [-0.1, -0.05) is 158 Å². The quantitative estimate of drug-likeness (QED) is 0.193. The number of benzene rings is 8. The summed E-state index contributed by atoms with van der Waals surface area (Å²) in [4.78, 5) is 15.0. The molecule has 0 atom stereocenters. The predicted molar refractivity (Wildman–Crippen MR) is 200 cm³/mol. The summed E-state index contributed by atoms with van der Waals surface area (Å²) in [6, 6.07) is 41.3. The minimum Gasteiger partial charge on any atom is -0.208 e. The van der Waals surface area contributed by atoms with E-state index < -0.39 is 24.2 Å². The second-order valence-corrected chi connectivity index (χ2v) is 11.5. The molecule has 1 heterocycles. The number of aromatic nitrogens is 3. The largest absolute Gasteiger partial charge is 0.208 e. The first-order valence-electron chi connectivity index (χ1n) is 19.1. The van der Waals surface area contributed by atoms with Crippen LogP contribution < -0.4 is 0 Å². The van der Waals surface area contributed by atoms with Gasteiger partial charge in [0, 0.05) is 16.7 Å². The summed E-state index contributed by atoms with van der Waals surface area (Å²) >= 11 is 0. The molecule has 0 saturated carbocycles. The van der Waals surface area contributed by atoms with E-state index in [9.17, 15) is 0 Å². The topological polar surface area (TPSA) is 38.7 Å². The zero-order valence-corrected chi connectivity index (χ0v) is 25.5. The van der Waals surface area contributed by atoms with E-state index in [1.165, 1.54) is 0 Å². The smallest absolute Gasteiger partial charge is 0.164 e. The van der Waals surface area contributed by atoms with Crippen LogP contribution in [0.15, 0.2) is 176 Å². The Kier molecular flexibility index (Phi) is 5.22. The summed E-state index contributed by atoms with van der Waals surface area (Å²) in [6.45, 7) is 0. The zero-order chi connectivity index (χ0) is 38.0. The van der Waals surface area contributed by atoms with Crippen molar-refractivity contribution in [2.24, 2.45) is 0 Å². The van der Waals surface area contributed by atoms with Crippen molar-refractivity contribution in [2.75, 3.05) is 0 Å². The van der Waals surface area contributed by atoms with Gasteiger partial charge in [0.15, 0.2) is 17.5 Å². The van der Waals surface area contributed by atoms with Crippen LogP contribution in [0.25, 0.3) is 88.7 Å². The first-order chi connectivity index (χ1) is 26.7. The van der Waals surface area contributed by atoms with Crippen LogP contribution in [0.1, 0.15) is 9.60 Å². The first kappa shape index (κ1) is 21.4. The second-order valence-electron chi connectivity index (χ2n) is 11.5. The van der Waals surface area contributed by atoms with Crippen LogP contribution in [0, 0.1) is 0 Å². The van der Waals surface area contributed by atoms with Gasteiger partial charge < -0.3 is 0 Å². The van der Waals surface area contributed by atoms with Gasteiger partial charge in [-0.05, 0) is 72.7 Å². The van der Waals surface area contributed by atoms with Crippen LogP contribution >= 0.6 is 0 Å². The molecule has 0 amide bonds. The summed E-state index contributed by atoms with van der Waals surface area (Å²) < 4.78 is 59.5. The predicted octanol–water partition coefficient (Wildman–Crippen LogP) is 11.7. The van der Waals surface area contributed by atoms with Crippen molar-refractivity contribution in [1.29, 1.82) is 0 Å². The second kappa shape index (κ2) is 11.7. The Bertz CT molecular complexity index is 3010. The Hall–Kier alpha value is -6.45. The van der Waals surface area contributed by atoms with Crippen molar-refractivity contribution in [2.45, 2.75) is 0 Å². The fourth-order valence-corrected chi connectivity index (χ4v) is 6.18. The summed E-state index contributed by atoms with van der Waals surface area (Å²) in [5.74, 6) is 1.58. The summed E-state index contributed by atoms with van der Waals surface area (Å²) in [5.41, 5.74) is 5.38. The fraction of sp³-hybridized carbons (Fsp3) is 0. The van der Waals surface area contributed by atoms with Crippen molar-refractivity contribution < 1.29 is 9.60 Å². The number of fused-ring (bicyclic) bond motifs is 3. The number of nitrogens with zero attached hydrogens (tertiary/aromatic N) is 3.